The number of hydrogen-bond donors (Lipinski definition) is 2. The van der Waals surface area contributed by atoms with E-state index in [4.69, 9.17) is 15.3 Å². The van der Waals surface area contributed by atoms with Gasteiger partial charge in [0.25, 0.3) is 5.56 Å². The lowest BCUT2D eigenvalue weighted by Gasteiger charge is -2.18. The molecule has 7 heteroatoms. The van der Waals surface area contributed by atoms with Crippen molar-refractivity contribution in [1.29, 1.82) is 0 Å². The number of aromatic amines is 1. The van der Waals surface area contributed by atoms with Gasteiger partial charge in [-0.15, -0.1) is 4.85 Å². The van der Waals surface area contributed by atoms with Gasteiger partial charge in [-0.1, -0.05) is 12.1 Å². The molecule has 0 atom stereocenters. The van der Waals surface area contributed by atoms with Crippen molar-refractivity contribution in [3.63, 3.8) is 0 Å². The zero-order chi connectivity index (χ0) is 15.6. The van der Waals surface area contributed by atoms with E-state index in [9.17, 15) is 9.59 Å². The Hall–Kier alpha value is -2.70. The summed E-state index contributed by atoms with van der Waals surface area (Å²) in [6.07, 6.45) is -0.911. The Morgan fingerprint density at radius 2 is 1.86 bits per heavy atom. The summed E-state index contributed by atoms with van der Waals surface area (Å²) in [7, 11) is 0. The summed E-state index contributed by atoms with van der Waals surface area (Å²) < 4.78 is 5.04. The van der Waals surface area contributed by atoms with Crippen LogP contribution < -0.4 is 16.1 Å². The fourth-order valence-electron chi connectivity index (χ4n) is 1.65. The number of nitrogens with zero attached hydrogens (tertiary/aromatic N) is 1. The molecule has 7 nitrogen and oxygen atoms in total. The van der Waals surface area contributed by atoms with Gasteiger partial charge in [0.1, 0.15) is 11.3 Å². The van der Waals surface area contributed by atoms with Crippen LogP contribution in [-0.4, -0.2) is 21.7 Å². The van der Waals surface area contributed by atoms with Gasteiger partial charge in [0.2, 0.25) is 0 Å². The number of benzene rings is 1. The highest BCUT2D eigenvalue weighted by Crippen LogP contribution is 2.18. The molecule has 0 saturated carbocycles. The molecule has 21 heavy (non-hydrogen) atoms. The lowest BCUT2D eigenvalue weighted by Crippen LogP contribution is -2.31. The van der Waals surface area contributed by atoms with Gasteiger partial charge in [0, 0.05) is 17.3 Å². The number of nitrogen functional groups attached to an aromatic ring is 1. The zero-order valence-corrected chi connectivity index (χ0v) is 12.0. The molecule has 3 N–H and O–H groups in total. The third kappa shape index (κ3) is 3.88. The van der Waals surface area contributed by atoms with Gasteiger partial charge >= 0.3 is 6.16 Å². The van der Waals surface area contributed by atoms with E-state index in [1.807, 2.05) is 0 Å². The smallest absolute Gasteiger partial charge is 0.427 e. The van der Waals surface area contributed by atoms with Gasteiger partial charge in [-0.3, -0.25) is 9.63 Å². The summed E-state index contributed by atoms with van der Waals surface area (Å²) in [5, 5.41) is 2.38. The highest BCUT2D eigenvalue weighted by molar-refractivity contribution is 5.64. The normalized spacial score (nSPS) is 11.2. The molecule has 2 aromatic rings. The van der Waals surface area contributed by atoms with Gasteiger partial charge in [0.05, 0.1) is 0 Å². The number of carbonyl (C=O) groups is 1. The van der Waals surface area contributed by atoms with Gasteiger partial charge in [-0.05, 0) is 32.9 Å². The molecular formula is C14H17N3O4. The quantitative estimate of drug-likeness (QED) is 0.649. The van der Waals surface area contributed by atoms with E-state index in [1.54, 1.807) is 45.0 Å². The summed E-state index contributed by atoms with van der Waals surface area (Å²) in [5.41, 5.74) is 6.19. The molecule has 0 bridgehead atoms. The summed E-state index contributed by atoms with van der Waals surface area (Å²) in [6.45, 7) is 5.15. The Morgan fingerprint density at radius 1 is 1.24 bits per heavy atom. The van der Waals surface area contributed by atoms with Crippen LogP contribution >= 0.6 is 0 Å². The fraction of sp³-hybridized carbons (Fsp3) is 0.286. The lowest BCUT2D eigenvalue weighted by molar-refractivity contribution is -0.0164. The first-order valence-electron chi connectivity index (χ1n) is 6.34. The monoisotopic (exact) mass is 291 g/mol. The molecule has 1 aromatic heterocycles. The molecule has 0 saturated heterocycles. The minimum Gasteiger partial charge on any atom is -0.427 e. The largest absolute Gasteiger partial charge is 0.535 e. The Labute approximate surface area is 121 Å². The number of carbonyl (C=O) groups excluding carboxylic acids is 1. The average Bonchev–Trinajstić information content (AvgIpc) is 2.68. The molecule has 0 aliphatic rings. The first-order valence-corrected chi connectivity index (χ1v) is 6.34. The molecule has 112 valence electrons. The number of H-pyrrole nitrogens is 1. The summed E-state index contributed by atoms with van der Waals surface area (Å²) in [5.74, 6) is 0. The number of nitrogens with two attached hydrogens (primary N) is 1. The van der Waals surface area contributed by atoms with Crippen molar-refractivity contribution >= 4 is 11.8 Å². The number of anilines is 1. The van der Waals surface area contributed by atoms with Crippen LogP contribution in [0.3, 0.4) is 0 Å². The zero-order valence-electron chi connectivity index (χ0n) is 12.0. The third-order valence-corrected chi connectivity index (χ3v) is 2.46. The Bertz CT molecular complexity index is 692. The molecule has 0 amide bonds. The van der Waals surface area contributed by atoms with E-state index < -0.39 is 17.3 Å². The van der Waals surface area contributed by atoms with E-state index in [0.717, 1.165) is 4.85 Å². The molecule has 0 spiro atoms. The second kappa shape index (κ2) is 5.35. The molecule has 1 heterocycles. The molecule has 0 unspecified atom stereocenters. The Balaban J connectivity index is 2.27. The van der Waals surface area contributed by atoms with Crippen LogP contribution in [0.1, 0.15) is 20.8 Å². The minimum atomic E-state index is -0.911. The SMILES string of the molecule is CC(C)(C)OC(=O)On1[nH]c(=O)cc1-c1ccc(N)cc1. The number of aromatic nitrogens is 2. The summed E-state index contributed by atoms with van der Waals surface area (Å²) in [6, 6.07) is 8.12. The molecule has 0 aliphatic carbocycles. The molecule has 2 rings (SSSR count). The van der Waals surface area contributed by atoms with Gasteiger partial charge in [0.15, 0.2) is 0 Å². The fourth-order valence-corrected chi connectivity index (χ4v) is 1.65. The number of rotatable bonds is 2. The van der Waals surface area contributed by atoms with E-state index in [0.29, 0.717) is 16.9 Å². The van der Waals surface area contributed by atoms with E-state index in [-0.39, 0.29) is 0 Å². The molecule has 0 fully saturated rings. The van der Waals surface area contributed by atoms with Crippen molar-refractivity contribution in [3.8, 4) is 11.3 Å². The van der Waals surface area contributed by atoms with Crippen molar-refractivity contribution in [2.24, 2.45) is 0 Å². The number of nitrogens with one attached hydrogen (secondary N) is 1. The predicted molar refractivity (Wildman–Crippen MR) is 77.7 cm³/mol. The van der Waals surface area contributed by atoms with Crippen molar-refractivity contribution in [2.45, 2.75) is 26.4 Å². The van der Waals surface area contributed by atoms with Crippen molar-refractivity contribution in [3.05, 3.63) is 40.7 Å². The highest BCUT2D eigenvalue weighted by Gasteiger charge is 2.20. The molecular weight excluding hydrogens is 274 g/mol. The van der Waals surface area contributed by atoms with Gasteiger partial charge in [-0.2, -0.15) is 0 Å². The van der Waals surface area contributed by atoms with Crippen LogP contribution in [0.15, 0.2) is 35.1 Å². The molecule has 0 aliphatic heterocycles. The highest BCUT2D eigenvalue weighted by atomic mass is 16.8. The minimum absolute atomic E-state index is 0.394. The predicted octanol–water partition coefficient (Wildman–Crippen LogP) is 1.79. The number of hydrogen-bond acceptors (Lipinski definition) is 5. The van der Waals surface area contributed by atoms with Crippen LogP contribution in [-0.2, 0) is 4.74 Å². The van der Waals surface area contributed by atoms with Crippen molar-refractivity contribution in [1.82, 2.24) is 9.94 Å². The van der Waals surface area contributed by atoms with E-state index in [1.165, 1.54) is 6.07 Å². The summed E-state index contributed by atoms with van der Waals surface area (Å²) in [4.78, 5) is 29.1. The lowest BCUT2D eigenvalue weighted by atomic mass is 10.1. The first kappa shape index (κ1) is 14.7. The second-order valence-electron chi connectivity index (χ2n) is 5.48. The third-order valence-electron chi connectivity index (χ3n) is 2.46. The molecule has 1 aromatic carbocycles. The van der Waals surface area contributed by atoms with Crippen LogP contribution in [0.2, 0.25) is 0 Å². The molecule has 0 radical (unpaired) electrons. The maximum atomic E-state index is 11.7. The van der Waals surface area contributed by atoms with Crippen LogP contribution in [0.4, 0.5) is 10.5 Å². The number of ether oxygens (including phenoxy) is 1. The average molecular weight is 291 g/mol. The first-order chi connectivity index (χ1) is 9.74. The van der Waals surface area contributed by atoms with E-state index >= 15 is 0 Å². The Kier molecular flexibility index (Phi) is 3.75. The maximum absolute atomic E-state index is 11.7. The maximum Gasteiger partial charge on any atom is 0.535 e. The topological polar surface area (TPSA) is 99.3 Å². The second-order valence-corrected chi connectivity index (χ2v) is 5.48. The summed E-state index contributed by atoms with van der Waals surface area (Å²) >= 11 is 0. The van der Waals surface area contributed by atoms with Gasteiger partial charge < -0.3 is 10.5 Å². The van der Waals surface area contributed by atoms with Crippen molar-refractivity contribution < 1.29 is 14.4 Å². The Morgan fingerprint density at radius 3 is 2.43 bits per heavy atom. The van der Waals surface area contributed by atoms with E-state index in [2.05, 4.69) is 5.10 Å². The van der Waals surface area contributed by atoms with Crippen LogP contribution in [0.25, 0.3) is 11.3 Å². The van der Waals surface area contributed by atoms with Crippen LogP contribution in [0, 0.1) is 0 Å². The van der Waals surface area contributed by atoms with Gasteiger partial charge in [-0.25, -0.2) is 9.89 Å². The standard InChI is InChI=1S/C14H17N3O4/c1-14(2,3)20-13(19)21-17-11(8-12(18)16-17)9-4-6-10(15)7-5-9/h4-8H,15H2,1-3H3,(H,16,18). The van der Waals surface area contributed by atoms with Crippen molar-refractivity contribution in [2.75, 3.05) is 5.73 Å². The van der Waals surface area contributed by atoms with Crippen LogP contribution in [0.5, 0.6) is 0 Å².